The van der Waals surface area contributed by atoms with Crippen molar-refractivity contribution in [3.8, 4) is 0 Å². The molecule has 1 fully saturated rings. The molecule has 1 aromatic carbocycles. The SMILES string of the molecule is CNCC1CCN(Cc2ccccc2CC(=O)OC)CC1. The fourth-order valence-electron chi connectivity index (χ4n) is 2.99. The van der Waals surface area contributed by atoms with Gasteiger partial charge in [-0.15, -0.1) is 0 Å². The molecule has 1 aliphatic heterocycles. The molecule has 2 rings (SSSR count). The van der Waals surface area contributed by atoms with Gasteiger partial charge in [0.05, 0.1) is 13.5 Å². The number of nitrogens with one attached hydrogen (secondary N) is 1. The van der Waals surface area contributed by atoms with Gasteiger partial charge in [0.2, 0.25) is 0 Å². The maximum absolute atomic E-state index is 11.5. The summed E-state index contributed by atoms with van der Waals surface area (Å²) < 4.78 is 4.78. The molecular formula is C17H26N2O2. The van der Waals surface area contributed by atoms with Crippen molar-refractivity contribution in [2.75, 3.05) is 33.8 Å². The van der Waals surface area contributed by atoms with E-state index in [4.69, 9.17) is 4.74 Å². The molecule has 1 aromatic rings. The minimum absolute atomic E-state index is 0.171. The average Bonchev–Trinajstić information content (AvgIpc) is 2.51. The summed E-state index contributed by atoms with van der Waals surface area (Å²) in [7, 11) is 3.47. The van der Waals surface area contributed by atoms with Crippen molar-refractivity contribution in [2.24, 2.45) is 5.92 Å². The number of hydrogen-bond donors (Lipinski definition) is 1. The van der Waals surface area contributed by atoms with E-state index < -0.39 is 0 Å². The van der Waals surface area contributed by atoms with Crippen LogP contribution in [0.3, 0.4) is 0 Å². The number of benzene rings is 1. The Bertz CT molecular complexity index is 454. The van der Waals surface area contributed by atoms with Crippen LogP contribution in [0.15, 0.2) is 24.3 Å². The van der Waals surface area contributed by atoms with Crippen LogP contribution < -0.4 is 5.32 Å². The zero-order chi connectivity index (χ0) is 15.1. The Balaban J connectivity index is 1.92. The van der Waals surface area contributed by atoms with Crippen molar-refractivity contribution in [3.63, 3.8) is 0 Å². The quantitative estimate of drug-likeness (QED) is 0.812. The molecule has 0 bridgehead atoms. The van der Waals surface area contributed by atoms with Crippen LogP contribution >= 0.6 is 0 Å². The zero-order valence-corrected chi connectivity index (χ0v) is 13.1. The van der Waals surface area contributed by atoms with Crippen molar-refractivity contribution < 1.29 is 9.53 Å². The van der Waals surface area contributed by atoms with Gasteiger partial charge in [0.15, 0.2) is 0 Å². The third-order valence-electron chi connectivity index (χ3n) is 4.27. The monoisotopic (exact) mass is 290 g/mol. The van der Waals surface area contributed by atoms with Crippen molar-refractivity contribution in [1.82, 2.24) is 10.2 Å². The van der Waals surface area contributed by atoms with Gasteiger partial charge < -0.3 is 10.1 Å². The lowest BCUT2D eigenvalue weighted by atomic mass is 9.96. The number of carbonyl (C=O) groups excluding carboxylic acids is 1. The molecular weight excluding hydrogens is 264 g/mol. The van der Waals surface area contributed by atoms with E-state index in [0.717, 1.165) is 37.7 Å². The van der Waals surface area contributed by atoms with Crippen LogP contribution in [-0.4, -0.2) is 44.7 Å². The first-order valence-corrected chi connectivity index (χ1v) is 7.73. The molecule has 0 spiro atoms. The third-order valence-corrected chi connectivity index (χ3v) is 4.27. The highest BCUT2D eigenvalue weighted by Crippen LogP contribution is 2.20. The number of piperidine rings is 1. The van der Waals surface area contributed by atoms with Gasteiger partial charge in [-0.05, 0) is 56.6 Å². The summed E-state index contributed by atoms with van der Waals surface area (Å²) >= 11 is 0. The van der Waals surface area contributed by atoms with Crippen molar-refractivity contribution in [2.45, 2.75) is 25.8 Å². The Labute approximate surface area is 127 Å². The van der Waals surface area contributed by atoms with Crippen LogP contribution in [-0.2, 0) is 22.5 Å². The standard InChI is InChI=1S/C17H26N2O2/c1-18-12-14-7-9-19(10-8-14)13-16-6-4-3-5-15(16)11-17(20)21-2/h3-6,14,18H,7-13H2,1-2H3. The first-order valence-electron chi connectivity index (χ1n) is 7.73. The van der Waals surface area contributed by atoms with E-state index in [9.17, 15) is 4.79 Å². The Morgan fingerprint density at radius 1 is 1.29 bits per heavy atom. The number of methoxy groups -OCH3 is 1. The van der Waals surface area contributed by atoms with Gasteiger partial charge in [-0.25, -0.2) is 0 Å². The average molecular weight is 290 g/mol. The lowest BCUT2D eigenvalue weighted by Gasteiger charge is -2.32. The summed E-state index contributed by atoms with van der Waals surface area (Å²) in [5, 5.41) is 3.27. The summed E-state index contributed by atoms with van der Waals surface area (Å²) in [5.41, 5.74) is 2.33. The minimum atomic E-state index is -0.171. The Morgan fingerprint density at radius 2 is 1.95 bits per heavy atom. The second kappa shape index (κ2) is 8.15. The molecule has 4 heteroatoms. The van der Waals surface area contributed by atoms with E-state index in [2.05, 4.69) is 16.3 Å². The normalized spacial score (nSPS) is 16.9. The highest BCUT2D eigenvalue weighted by atomic mass is 16.5. The van der Waals surface area contributed by atoms with Crippen LogP contribution in [0.1, 0.15) is 24.0 Å². The molecule has 21 heavy (non-hydrogen) atoms. The predicted octanol–water partition coefficient (Wildman–Crippen LogP) is 1.83. The molecule has 1 aliphatic rings. The Kier molecular flexibility index (Phi) is 6.21. The summed E-state index contributed by atoms with van der Waals surface area (Å²) in [6.45, 7) is 4.32. The number of rotatable bonds is 6. The molecule has 4 nitrogen and oxygen atoms in total. The molecule has 1 saturated heterocycles. The summed E-state index contributed by atoms with van der Waals surface area (Å²) in [6.07, 6.45) is 2.86. The predicted molar refractivity (Wildman–Crippen MR) is 84.1 cm³/mol. The van der Waals surface area contributed by atoms with Crippen LogP contribution in [0.25, 0.3) is 0 Å². The molecule has 0 radical (unpaired) electrons. The first-order chi connectivity index (χ1) is 10.2. The second-order valence-electron chi connectivity index (χ2n) is 5.80. The number of nitrogens with zero attached hydrogens (tertiary/aromatic N) is 1. The number of ether oxygens (including phenoxy) is 1. The number of likely N-dealkylation sites (tertiary alicyclic amines) is 1. The number of carbonyl (C=O) groups is 1. The smallest absolute Gasteiger partial charge is 0.309 e. The van der Waals surface area contributed by atoms with Crippen LogP contribution in [0.5, 0.6) is 0 Å². The second-order valence-corrected chi connectivity index (χ2v) is 5.80. The minimum Gasteiger partial charge on any atom is -0.469 e. The molecule has 0 amide bonds. The van der Waals surface area contributed by atoms with Crippen LogP contribution in [0.2, 0.25) is 0 Å². The van der Waals surface area contributed by atoms with Gasteiger partial charge in [0.1, 0.15) is 0 Å². The zero-order valence-electron chi connectivity index (χ0n) is 13.1. The Morgan fingerprint density at radius 3 is 2.57 bits per heavy atom. The fraction of sp³-hybridized carbons (Fsp3) is 0.588. The summed E-state index contributed by atoms with van der Waals surface area (Å²) in [6, 6.07) is 8.18. The maximum atomic E-state index is 11.5. The van der Waals surface area contributed by atoms with E-state index in [1.165, 1.54) is 25.5 Å². The molecule has 116 valence electrons. The largest absolute Gasteiger partial charge is 0.469 e. The van der Waals surface area contributed by atoms with E-state index >= 15 is 0 Å². The van der Waals surface area contributed by atoms with Gasteiger partial charge >= 0.3 is 5.97 Å². The summed E-state index contributed by atoms with van der Waals surface area (Å²) in [5.74, 6) is 0.631. The Hall–Kier alpha value is -1.39. The third kappa shape index (κ3) is 4.83. The lowest BCUT2D eigenvalue weighted by molar-refractivity contribution is -0.139. The fourth-order valence-corrected chi connectivity index (χ4v) is 2.99. The highest BCUT2D eigenvalue weighted by molar-refractivity contribution is 5.72. The molecule has 0 saturated carbocycles. The van der Waals surface area contributed by atoms with Gasteiger partial charge in [-0.3, -0.25) is 9.69 Å². The van der Waals surface area contributed by atoms with Crippen molar-refractivity contribution >= 4 is 5.97 Å². The molecule has 1 heterocycles. The van der Waals surface area contributed by atoms with Crippen LogP contribution in [0.4, 0.5) is 0 Å². The van der Waals surface area contributed by atoms with Crippen molar-refractivity contribution in [1.29, 1.82) is 0 Å². The summed E-state index contributed by atoms with van der Waals surface area (Å²) in [4.78, 5) is 14.0. The topological polar surface area (TPSA) is 41.6 Å². The number of esters is 1. The molecule has 0 atom stereocenters. The number of hydrogen-bond acceptors (Lipinski definition) is 4. The maximum Gasteiger partial charge on any atom is 0.309 e. The molecule has 0 aliphatic carbocycles. The molecule has 1 N–H and O–H groups in total. The van der Waals surface area contributed by atoms with E-state index in [-0.39, 0.29) is 5.97 Å². The van der Waals surface area contributed by atoms with Gasteiger partial charge in [-0.2, -0.15) is 0 Å². The van der Waals surface area contributed by atoms with Crippen LogP contribution in [0, 0.1) is 5.92 Å². The van der Waals surface area contributed by atoms with E-state index in [1.54, 1.807) is 0 Å². The lowest BCUT2D eigenvalue weighted by Crippen LogP contribution is -2.36. The van der Waals surface area contributed by atoms with Gasteiger partial charge in [-0.1, -0.05) is 24.3 Å². The van der Waals surface area contributed by atoms with Crippen molar-refractivity contribution in [3.05, 3.63) is 35.4 Å². The highest BCUT2D eigenvalue weighted by Gasteiger charge is 2.19. The van der Waals surface area contributed by atoms with Gasteiger partial charge in [0, 0.05) is 6.54 Å². The molecule has 0 unspecified atom stereocenters. The first kappa shape index (κ1) is 16.0. The van der Waals surface area contributed by atoms with E-state index in [0.29, 0.717) is 6.42 Å². The van der Waals surface area contributed by atoms with E-state index in [1.807, 2.05) is 25.2 Å². The van der Waals surface area contributed by atoms with Gasteiger partial charge in [0.25, 0.3) is 0 Å². The molecule has 0 aromatic heterocycles.